The highest BCUT2D eigenvalue weighted by molar-refractivity contribution is 5.88. The predicted octanol–water partition coefficient (Wildman–Crippen LogP) is 1.84. The summed E-state index contributed by atoms with van der Waals surface area (Å²) >= 11 is 0. The second-order valence-corrected chi connectivity index (χ2v) is 3.00. The largest absolute Gasteiger partial charge is 0.478 e. The fourth-order valence-corrected chi connectivity index (χ4v) is 1.23. The fourth-order valence-electron chi connectivity index (χ4n) is 1.23. The Morgan fingerprint density at radius 2 is 1.93 bits per heavy atom. The third-order valence-electron chi connectivity index (χ3n) is 1.97. The third-order valence-corrected chi connectivity index (χ3v) is 1.97. The standard InChI is InChI=1S/C11H8N2O2/c14-11(15)9-6-10(13-12-7-9)8-4-2-1-3-5-8/h1-7H,(H,14,15). The molecule has 0 fully saturated rings. The van der Waals surface area contributed by atoms with Gasteiger partial charge >= 0.3 is 5.97 Å². The summed E-state index contributed by atoms with van der Waals surface area (Å²) in [5.41, 5.74) is 1.56. The van der Waals surface area contributed by atoms with Crippen molar-refractivity contribution in [1.82, 2.24) is 10.2 Å². The number of rotatable bonds is 2. The van der Waals surface area contributed by atoms with Gasteiger partial charge in [0.25, 0.3) is 0 Å². The quantitative estimate of drug-likeness (QED) is 0.803. The fraction of sp³-hybridized carbons (Fsp3) is 0. The number of carboxylic acid groups (broad SMARTS) is 1. The van der Waals surface area contributed by atoms with Crippen molar-refractivity contribution in [3.63, 3.8) is 0 Å². The molecule has 0 aliphatic heterocycles. The molecule has 15 heavy (non-hydrogen) atoms. The van der Waals surface area contributed by atoms with Crippen molar-refractivity contribution in [3.8, 4) is 11.3 Å². The lowest BCUT2D eigenvalue weighted by Gasteiger charge is -1.99. The molecule has 0 bridgehead atoms. The second-order valence-electron chi connectivity index (χ2n) is 3.00. The molecule has 4 nitrogen and oxygen atoms in total. The van der Waals surface area contributed by atoms with Crippen molar-refractivity contribution in [2.75, 3.05) is 0 Å². The average Bonchev–Trinajstić information content (AvgIpc) is 2.30. The molecular weight excluding hydrogens is 192 g/mol. The first-order valence-electron chi connectivity index (χ1n) is 4.39. The van der Waals surface area contributed by atoms with Gasteiger partial charge in [-0.05, 0) is 6.07 Å². The Hall–Kier alpha value is -2.23. The Morgan fingerprint density at radius 3 is 2.60 bits per heavy atom. The molecule has 4 heteroatoms. The second kappa shape index (κ2) is 3.88. The van der Waals surface area contributed by atoms with Crippen LogP contribution in [0.5, 0.6) is 0 Å². The average molecular weight is 200 g/mol. The highest BCUT2D eigenvalue weighted by atomic mass is 16.4. The van der Waals surface area contributed by atoms with Crippen LogP contribution in [0, 0.1) is 0 Å². The number of aromatic nitrogens is 2. The summed E-state index contributed by atoms with van der Waals surface area (Å²) in [6.07, 6.45) is 1.23. The van der Waals surface area contributed by atoms with Crippen molar-refractivity contribution >= 4 is 5.97 Å². The lowest BCUT2D eigenvalue weighted by atomic mass is 10.1. The minimum Gasteiger partial charge on any atom is -0.478 e. The van der Waals surface area contributed by atoms with Crippen LogP contribution in [0.25, 0.3) is 11.3 Å². The van der Waals surface area contributed by atoms with Crippen LogP contribution >= 0.6 is 0 Å². The zero-order chi connectivity index (χ0) is 10.7. The molecule has 2 rings (SSSR count). The molecule has 0 atom stereocenters. The van der Waals surface area contributed by atoms with E-state index in [4.69, 9.17) is 5.11 Å². The first kappa shape index (κ1) is 9.33. The van der Waals surface area contributed by atoms with Crippen LogP contribution in [-0.4, -0.2) is 21.3 Å². The smallest absolute Gasteiger partial charge is 0.337 e. The Balaban J connectivity index is 2.46. The van der Waals surface area contributed by atoms with E-state index in [2.05, 4.69) is 10.2 Å². The van der Waals surface area contributed by atoms with E-state index in [-0.39, 0.29) is 5.56 Å². The van der Waals surface area contributed by atoms with Crippen LogP contribution in [-0.2, 0) is 0 Å². The first-order chi connectivity index (χ1) is 7.27. The van der Waals surface area contributed by atoms with Crippen molar-refractivity contribution < 1.29 is 9.90 Å². The molecule has 0 amide bonds. The van der Waals surface area contributed by atoms with Gasteiger partial charge in [-0.15, -0.1) is 0 Å². The van der Waals surface area contributed by atoms with E-state index in [0.717, 1.165) is 5.56 Å². The molecule has 0 radical (unpaired) electrons. The number of carbonyl (C=O) groups is 1. The van der Waals surface area contributed by atoms with E-state index in [0.29, 0.717) is 5.69 Å². The Morgan fingerprint density at radius 1 is 1.20 bits per heavy atom. The lowest BCUT2D eigenvalue weighted by Crippen LogP contribution is -1.99. The summed E-state index contributed by atoms with van der Waals surface area (Å²) in [5, 5.41) is 16.3. The van der Waals surface area contributed by atoms with E-state index in [1.165, 1.54) is 12.3 Å². The van der Waals surface area contributed by atoms with Gasteiger partial charge in [0.1, 0.15) is 0 Å². The van der Waals surface area contributed by atoms with Gasteiger partial charge < -0.3 is 5.11 Å². The maximum Gasteiger partial charge on any atom is 0.337 e. The number of hydrogen-bond donors (Lipinski definition) is 1. The molecule has 0 aliphatic carbocycles. The molecule has 2 aromatic rings. The number of aromatic carboxylic acids is 1. The molecule has 1 N–H and O–H groups in total. The van der Waals surface area contributed by atoms with Crippen molar-refractivity contribution in [2.24, 2.45) is 0 Å². The van der Waals surface area contributed by atoms with E-state index < -0.39 is 5.97 Å². The molecule has 1 aromatic heterocycles. The van der Waals surface area contributed by atoms with Gasteiger partial charge in [-0.3, -0.25) is 0 Å². The number of hydrogen-bond acceptors (Lipinski definition) is 3. The summed E-state index contributed by atoms with van der Waals surface area (Å²) in [6, 6.07) is 10.8. The van der Waals surface area contributed by atoms with Gasteiger partial charge in [0, 0.05) is 5.56 Å². The summed E-state index contributed by atoms with van der Waals surface area (Å²) in [5.74, 6) is -0.998. The molecule has 0 saturated heterocycles. The van der Waals surface area contributed by atoms with Gasteiger partial charge in [0.15, 0.2) is 0 Å². The summed E-state index contributed by atoms with van der Waals surface area (Å²) in [7, 11) is 0. The highest BCUT2D eigenvalue weighted by Crippen LogP contribution is 2.15. The maximum absolute atomic E-state index is 10.7. The molecular formula is C11H8N2O2. The minimum absolute atomic E-state index is 0.142. The lowest BCUT2D eigenvalue weighted by molar-refractivity contribution is 0.0696. The minimum atomic E-state index is -0.998. The van der Waals surface area contributed by atoms with E-state index in [1.807, 2.05) is 30.3 Å². The maximum atomic E-state index is 10.7. The molecule has 0 unspecified atom stereocenters. The monoisotopic (exact) mass is 200 g/mol. The molecule has 0 spiro atoms. The van der Waals surface area contributed by atoms with Gasteiger partial charge in [0.2, 0.25) is 0 Å². The van der Waals surface area contributed by atoms with Crippen molar-refractivity contribution in [3.05, 3.63) is 48.2 Å². The normalized spacial score (nSPS) is 9.87. The summed E-state index contributed by atoms with van der Waals surface area (Å²) in [4.78, 5) is 10.7. The number of nitrogens with zero attached hydrogens (tertiary/aromatic N) is 2. The highest BCUT2D eigenvalue weighted by Gasteiger charge is 2.06. The van der Waals surface area contributed by atoms with Crippen molar-refractivity contribution in [1.29, 1.82) is 0 Å². The Bertz CT molecular complexity index is 483. The molecule has 74 valence electrons. The molecule has 0 aliphatic rings. The SMILES string of the molecule is O=C(O)c1cnnc(-c2ccccc2)c1. The molecule has 1 aromatic carbocycles. The Labute approximate surface area is 86.2 Å². The zero-order valence-corrected chi connectivity index (χ0v) is 7.79. The van der Waals surface area contributed by atoms with E-state index >= 15 is 0 Å². The van der Waals surface area contributed by atoms with Crippen LogP contribution in [0.1, 0.15) is 10.4 Å². The van der Waals surface area contributed by atoms with Crippen LogP contribution in [0.15, 0.2) is 42.6 Å². The van der Waals surface area contributed by atoms with Gasteiger partial charge in [-0.2, -0.15) is 10.2 Å². The van der Waals surface area contributed by atoms with Crippen LogP contribution in [0.3, 0.4) is 0 Å². The van der Waals surface area contributed by atoms with Crippen molar-refractivity contribution in [2.45, 2.75) is 0 Å². The topological polar surface area (TPSA) is 63.1 Å². The van der Waals surface area contributed by atoms with Gasteiger partial charge in [-0.1, -0.05) is 30.3 Å². The number of benzene rings is 1. The van der Waals surface area contributed by atoms with Gasteiger partial charge in [0.05, 0.1) is 17.5 Å². The predicted molar refractivity (Wildman–Crippen MR) is 54.4 cm³/mol. The third kappa shape index (κ3) is 1.99. The van der Waals surface area contributed by atoms with E-state index in [1.54, 1.807) is 0 Å². The van der Waals surface area contributed by atoms with E-state index in [9.17, 15) is 4.79 Å². The van der Waals surface area contributed by atoms with Crippen LogP contribution in [0.4, 0.5) is 0 Å². The summed E-state index contributed by atoms with van der Waals surface area (Å²) in [6.45, 7) is 0. The summed E-state index contributed by atoms with van der Waals surface area (Å²) < 4.78 is 0. The first-order valence-corrected chi connectivity index (χ1v) is 4.39. The molecule has 0 saturated carbocycles. The van der Waals surface area contributed by atoms with Crippen LogP contribution < -0.4 is 0 Å². The van der Waals surface area contributed by atoms with Crippen LogP contribution in [0.2, 0.25) is 0 Å². The molecule has 1 heterocycles. The zero-order valence-electron chi connectivity index (χ0n) is 7.79. The Kier molecular flexibility index (Phi) is 2.41. The van der Waals surface area contributed by atoms with Gasteiger partial charge in [-0.25, -0.2) is 4.79 Å². The number of carboxylic acids is 1.